The van der Waals surface area contributed by atoms with Crippen molar-refractivity contribution in [2.75, 3.05) is 33.9 Å². The first-order valence-electron chi connectivity index (χ1n) is 5.83. The summed E-state index contributed by atoms with van der Waals surface area (Å²) in [6.07, 6.45) is 0. The second-order valence-corrected chi connectivity index (χ2v) is 4.35. The highest BCUT2D eigenvalue weighted by Crippen LogP contribution is 2.33. The van der Waals surface area contributed by atoms with E-state index in [1.54, 1.807) is 14.2 Å². The molecule has 2 atom stereocenters. The molecule has 2 rings (SSSR count). The minimum absolute atomic E-state index is 0. The fraction of sp³-hybridized carbons (Fsp3) is 0.538. The molecule has 1 heterocycles. The Morgan fingerprint density at radius 2 is 1.78 bits per heavy atom. The Kier molecular flexibility index (Phi) is 5.72. The van der Waals surface area contributed by atoms with E-state index in [1.807, 2.05) is 18.2 Å². The molecule has 0 amide bonds. The molecule has 4 nitrogen and oxygen atoms in total. The van der Waals surface area contributed by atoms with Crippen LogP contribution in [0.5, 0.6) is 11.5 Å². The molecule has 2 N–H and O–H groups in total. The van der Waals surface area contributed by atoms with Crippen LogP contribution < -0.4 is 14.8 Å². The van der Waals surface area contributed by atoms with Crippen LogP contribution in [0.15, 0.2) is 18.2 Å². The van der Waals surface area contributed by atoms with E-state index < -0.39 is 0 Å². The summed E-state index contributed by atoms with van der Waals surface area (Å²) in [5, 5.41) is 12.7. The molecule has 1 aromatic carbocycles. The van der Waals surface area contributed by atoms with Gasteiger partial charge in [-0.2, -0.15) is 0 Å². The van der Waals surface area contributed by atoms with Crippen molar-refractivity contribution < 1.29 is 14.6 Å². The van der Waals surface area contributed by atoms with Crippen molar-refractivity contribution in [2.45, 2.75) is 5.92 Å². The van der Waals surface area contributed by atoms with Gasteiger partial charge < -0.3 is 19.9 Å². The topological polar surface area (TPSA) is 50.7 Å². The van der Waals surface area contributed by atoms with Crippen molar-refractivity contribution in [3.8, 4) is 11.5 Å². The second kappa shape index (κ2) is 6.83. The van der Waals surface area contributed by atoms with E-state index in [0.29, 0.717) is 5.92 Å². The van der Waals surface area contributed by atoms with E-state index in [1.165, 1.54) is 0 Å². The monoisotopic (exact) mass is 273 g/mol. The number of methoxy groups -OCH3 is 2. The number of halogens is 1. The Bertz CT molecular complexity index is 364. The third-order valence-corrected chi connectivity index (χ3v) is 3.38. The van der Waals surface area contributed by atoms with Gasteiger partial charge in [-0.05, 0) is 17.7 Å². The highest BCUT2D eigenvalue weighted by atomic mass is 35.5. The largest absolute Gasteiger partial charge is 0.497 e. The molecule has 0 radical (unpaired) electrons. The molecule has 0 saturated carbocycles. The molecule has 5 heteroatoms. The van der Waals surface area contributed by atoms with E-state index in [2.05, 4.69) is 5.32 Å². The van der Waals surface area contributed by atoms with Crippen LogP contribution in [0.2, 0.25) is 0 Å². The minimum Gasteiger partial charge on any atom is -0.497 e. The smallest absolute Gasteiger partial charge is 0.122 e. The van der Waals surface area contributed by atoms with Gasteiger partial charge in [-0.15, -0.1) is 12.4 Å². The molecule has 1 aliphatic heterocycles. The molecule has 1 aromatic rings. The highest BCUT2D eigenvalue weighted by molar-refractivity contribution is 5.85. The SMILES string of the molecule is COc1cc(OC)cc([C@H]2CNC[C@@H]2CO)c1.Cl. The van der Waals surface area contributed by atoms with Crippen LogP contribution >= 0.6 is 12.4 Å². The summed E-state index contributed by atoms with van der Waals surface area (Å²) in [7, 11) is 3.30. The number of ether oxygens (including phenoxy) is 2. The zero-order valence-electron chi connectivity index (χ0n) is 10.7. The Morgan fingerprint density at radius 1 is 1.17 bits per heavy atom. The fourth-order valence-electron chi connectivity index (χ4n) is 2.36. The summed E-state index contributed by atoms with van der Waals surface area (Å²) >= 11 is 0. The average molecular weight is 274 g/mol. The number of rotatable bonds is 4. The van der Waals surface area contributed by atoms with Crippen molar-refractivity contribution in [3.63, 3.8) is 0 Å². The second-order valence-electron chi connectivity index (χ2n) is 4.35. The molecular formula is C13H20ClNO3. The molecule has 0 unspecified atom stereocenters. The highest BCUT2D eigenvalue weighted by Gasteiger charge is 2.28. The first kappa shape index (κ1) is 15.1. The van der Waals surface area contributed by atoms with Crippen molar-refractivity contribution in [1.29, 1.82) is 0 Å². The summed E-state index contributed by atoms with van der Waals surface area (Å²) in [6, 6.07) is 5.89. The Hall–Kier alpha value is -0.970. The first-order valence-corrected chi connectivity index (χ1v) is 5.83. The van der Waals surface area contributed by atoms with Crippen LogP contribution in [0.25, 0.3) is 0 Å². The zero-order valence-corrected chi connectivity index (χ0v) is 11.5. The third-order valence-electron chi connectivity index (χ3n) is 3.38. The van der Waals surface area contributed by atoms with Gasteiger partial charge in [0.2, 0.25) is 0 Å². The molecule has 0 spiro atoms. The molecule has 1 aliphatic rings. The van der Waals surface area contributed by atoms with Crippen molar-refractivity contribution >= 4 is 12.4 Å². The molecule has 0 aromatic heterocycles. The van der Waals surface area contributed by atoms with E-state index in [9.17, 15) is 5.11 Å². The van der Waals surface area contributed by atoms with E-state index in [0.717, 1.165) is 30.2 Å². The third kappa shape index (κ3) is 3.07. The van der Waals surface area contributed by atoms with Crippen molar-refractivity contribution in [3.05, 3.63) is 23.8 Å². The van der Waals surface area contributed by atoms with Gasteiger partial charge in [0.15, 0.2) is 0 Å². The van der Waals surface area contributed by atoms with Crippen LogP contribution in [0.4, 0.5) is 0 Å². The number of nitrogens with one attached hydrogen (secondary N) is 1. The van der Waals surface area contributed by atoms with Gasteiger partial charge in [-0.3, -0.25) is 0 Å². The predicted molar refractivity (Wildman–Crippen MR) is 73.0 cm³/mol. The maximum absolute atomic E-state index is 9.35. The Morgan fingerprint density at radius 3 is 2.28 bits per heavy atom. The number of aliphatic hydroxyl groups excluding tert-OH is 1. The zero-order chi connectivity index (χ0) is 12.3. The lowest BCUT2D eigenvalue weighted by Crippen LogP contribution is -2.15. The maximum Gasteiger partial charge on any atom is 0.122 e. The van der Waals surface area contributed by atoms with Gasteiger partial charge in [0.05, 0.1) is 14.2 Å². The van der Waals surface area contributed by atoms with Crippen LogP contribution in [0, 0.1) is 5.92 Å². The van der Waals surface area contributed by atoms with Gasteiger partial charge in [0.1, 0.15) is 11.5 Å². The lowest BCUT2D eigenvalue weighted by Gasteiger charge is -2.18. The Balaban J connectivity index is 0.00000162. The summed E-state index contributed by atoms with van der Waals surface area (Å²) < 4.78 is 10.5. The summed E-state index contributed by atoms with van der Waals surface area (Å²) in [5.41, 5.74) is 1.16. The molecule has 0 aliphatic carbocycles. The van der Waals surface area contributed by atoms with Crippen LogP contribution in [-0.2, 0) is 0 Å². The Labute approximate surface area is 114 Å². The van der Waals surface area contributed by atoms with Crippen molar-refractivity contribution in [1.82, 2.24) is 5.32 Å². The van der Waals surface area contributed by atoms with E-state index in [-0.39, 0.29) is 24.9 Å². The molecule has 18 heavy (non-hydrogen) atoms. The minimum atomic E-state index is 0. The summed E-state index contributed by atoms with van der Waals surface area (Å²) in [5.74, 6) is 2.18. The number of benzene rings is 1. The fourth-order valence-corrected chi connectivity index (χ4v) is 2.36. The van der Waals surface area contributed by atoms with Gasteiger partial charge in [-0.25, -0.2) is 0 Å². The van der Waals surface area contributed by atoms with Gasteiger partial charge in [0, 0.05) is 37.6 Å². The van der Waals surface area contributed by atoms with Crippen LogP contribution in [-0.4, -0.2) is 39.0 Å². The lowest BCUT2D eigenvalue weighted by molar-refractivity contribution is 0.226. The standard InChI is InChI=1S/C13H19NO3.ClH/c1-16-11-3-9(4-12(5-11)17-2)13-7-14-6-10(13)8-15;/h3-5,10,13-15H,6-8H2,1-2H3;1H/t10-,13-;/m1./s1. The molecule has 1 saturated heterocycles. The average Bonchev–Trinajstić information content (AvgIpc) is 2.86. The molecule has 1 fully saturated rings. The van der Waals surface area contributed by atoms with Gasteiger partial charge in [-0.1, -0.05) is 0 Å². The van der Waals surface area contributed by atoms with Crippen LogP contribution in [0.1, 0.15) is 11.5 Å². The molecule has 0 bridgehead atoms. The molecule has 102 valence electrons. The normalized spacial score (nSPS) is 22.4. The number of hydrogen-bond acceptors (Lipinski definition) is 4. The van der Waals surface area contributed by atoms with Gasteiger partial charge >= 0.3 is 0 Å². The van der Waals surface area contributed by atoms with Crippen LogP contribution in [0.3, 0.4) is 0 Å². The summed E-state index contributed by atoms with van der Waals surface area (Å²) in [4.78, 5) is 0. The number of hydrogen-bond donors (Lipinski definition) is 2. The first-order chi connectivity index (χ1) is 8.28. The maximum atomic E-state index is 9.35. The van der Waals surface area contributed by atoms with E-state index in [4.69, 9.17) is 9.47 Å². The molecular weight excluding hydrogens is 254 g/mol. The lowest BCUT2D eigenvalue weighted by atomic mass is 9.89. The number of aliphatic hydroxyl groups is 1. The van der Waals surface area contributed by atoms with E-state index >= 15 is 0 Å². The summed E-state index contributed by atoms with van der Waals surface area (Å²) in [6.45, 7) is 1.96. The quantitative estimate of drug-likeness (QED) is 0.871. The predicted octanol–water partition coefficient (Wildman–Crippen LogP) is 1.42. The van der Waals surface area contributed by atoms with Crippen molar-refractivity contribution in [2.24, 2.45) is 5.92 Å². The van der Waals surface area contributed by atoms with Gasteiger partial charge in [0.25, 0.3) is 0 Å².